The predicted molar refractivity (Wildman–Crippen MR) is 65.5 cm³/mol. The Labute approximate surface area is 105 Å². The number of carbonyl (C=O) groups excluding carboxylic acids is 1. The summed E-state index contributed by atoms with van der Waals surface area (Å²) in [5.74, 6) is -1.28. The summed E-state index contributed by atoms with van der Waals surface area (Å²) in [5.41, 5.74) is 0.234. The zero-order valence-electron chi connectivity index (χ0n) is 10.3. The molecule has 0 spiro atoms. The van der Waals surface area contributed by atoms with E-state index in [-0.39, 0.29) is 29.5 Å². The van der Waals surface area contributed by atoms with Gasteiger partial charge in [0.05, 0.1) is 17.4 Å². The first-order valence-electron chi connectivity index (χ1n) is 5.50. The fourth-order valence-electron chi connectivity index (χ4n) is 1.54. The van der Waals surface area contributed by atoms with Crippen LogP contribution in [-0.4, -0.2) is 35.7 Å². The van der Waals surface area contributed by atoms with Gasteiger partial charge in [-0.05, 0) is 12.0 Å². The topological polar surface area (TPSA) is 88.5 Å². The van der Waals surface area contributed by atoms with Gasteiger partial charge in [0.25, 0.3) is 0 Å². The van der Waals surface area contributed by atoms with Crippen molar-refractivity contribution in [2.75, 3.05) is 19.0 Å². The van der Waals surface area contributed by atoms with Crippen LogP contribution in [0.5, 0.6) is 0 Å². The summed E-state index contributed by atoms with van der Waals surface area (Å²) in [5, 5.41) is 11.5. The number of amides is 1. The zero-order valence-corrected chi connectivity index (χ0v) is 10.3. The lowest BCUT2D eigenvalue weighted by molar-refractivity contribution is -0.117. The number of pyridine rings is 1. The normalized spacial score (nSPS) is 11.9. The maximum atomic E-state index is 11.7. The van der Waals surface area contributed by atoms with Gasteiger partial charge in [-0.3, -0.25) is 9.78 Å². The number of aromatic carboxylic acids is 1. The van der Waals surface area contributed by atoms with Gasteiger partial charge in [0.15, 0.2) is 0 Å². The minimum Gasteiger partial charge on any atom is -0.478 e. The van der Waals surface area contributed by atoms with Gasteiger partial charge in [-0.1, -0.05) is 6.92 Å². The Morgan fingerprint density at radius 3 is 2.89 bits per heavy atom. The molecular formula is C12H16N2O4. The molecule has 18 heavy (non-hydrogen) atoms. The molecule has 0 aliphatic carbocycles. The number of carboxylic acid groups (broad SMARTS) is 1. The van der Waals surface area contributed by atoms with E-state index in [4.69, 9.17) is 9.84 Å². The number of rotatable bonds is 6. The molecule has 0 saturated heterocycles. The van der Waals surface area contributed by atoms with Crippen molar-refractivity contribution in [1.29, 1.82) is 0 Å². The number of carbonyl (C=O) groups is 2. The molecule has 1 atom stereocenters. The van der Waals surface area contributed by atoms with E-state index in [2.05, 4.69) is 10.3 Å². The average molecular weight is 252 g/mol. The van der Waals surface area contributed by atoms with E-state index in [0.717, 1.165) is 0 Å². The summed E-state index contributed by atoms with van der Waals surface area (Å²) in [4.78, 5) is 26.4. The fourth-order valence-corrected chi connectivity index (χ4v) is 1.54. The van der Waals surface area contributed by atoms with E-state index in [1.54, 1.807) is 7.11 Å². The molecule has 98 valence electrons. The maximum absolute atomic E-state index is 11.7. The number of carboxylic acids is 1. The second kappa shape index (κ2) is 6.70. The molecule has 1 heterocycles. The number of hydrogen-bond donors (Lipinski definition) is 2. The van der Waals surface area contributed by atoms with Crippen molar-refractivity contribution in [3.63, 3.8) is 0 Å². The molecule has 1 aromatic rings. The Bertz CT molecular complexity index is 434. The highest BCUT2D eigenvalue weighted by atomic mass is 16.5. The van der Waals surface area contributed by atoms with E-state index < -0.39 is 5.97 Å². The number of ether oxygens (including phenoxy) is 1. The molecule has 0 saturated carbocycles. The van der Waals surface area contributed by atoms with Gasteiger partial charge in [-0.15, -0.1) is 0 Å². The van der Waals surface area contributed by atoms with Gasteiger partial charge in [0.2, 0.25) is 5.91 Å². The molecular weight excluding hydrogens is 236 g/mol. The van der Waals surface area contributed by atoms with Crippen molar-refractivity contribution in [2.24, 2.45) is 5.92 Å². The minimum absolute atomic E-state index is 0.0257. The Kier molecular flexibility index (Phi) is 5.26. The van der Waals surface area contributed by atoms with E-state index in [1.165, 1.54) is 18.5 Å². The van der Waals surface area contributed by atoms with E-state index >= 15 is 0 Å². The predicted octanol–water partition coefficient (Wildman–Crippen LogP) is 1.39. The van der Waals surface area contributed by atoms with Gasteiger partial charge in [0, 0.05) is 26.3 Å². The van der Waals surface area contributed by atoms with Crippen LogP contribution in [0.3, 0.4) is 0 Å². The molecule has 6 nitrogen and oxygen atoms in total. The molecule has 6 heteroatoms. The van der Waals surface area contributed by atoms with Crippen LogP contribution in [0.4, 0.5) is 5.69 Å². The first-order chi connectivity index (χ1) is 8.54. The van der Waals surface area contributed by atoms with Gasteiger partial charge in [0.1, 0.15) is 0 Å². The number of methoxy groups -OCH3 is 1. The molecule has 1 unspecified atom stereocenters. The standard InChI is InChI=1S/C12H16N2O4/c1-8(7-18-2)5-11(15)14-10-6-13-4-3-9(10)12(16)17/h3-4,6,8H,5,7H2,1-2H3,(H,14,15)(H,16,17). The van der Waals surface area contributed by atoms with Crippen molar-refractivity contribution in [3.05, 3.63) is 24.0 Å². The third kappa shape index (κ3) is 4.14. The largest absolute Gasteiger partial charge is 0.478 e. The summed E-state index contributed by atoms with van der Waals surface area (Å²) in [6.07, 6.45) is 2.96. The lowest BCUT2D eigenvalue weighted by Gasteiger charge is -2.11. The van der Waals surface area contributed by atoms with Crippen LogP contribution in [0, 0.1) is 5.92 Å². The van der Waals surface area contributed by atoms with Crippen molar-refractivity contribution >= 4 is 17.6 Å². The summed E-state index contributed by atoms with van der Waals surface area (Å²) < 4.78 is 4.93. The third-order valence-corrected chi connectivity index (χ3v) is 2.31. The Hall–Kier alpha value is -1.95. The van der Waals surface area contributed by atoms with Crippen LogP contribution in [-0.2, 0) is 9.53 Å². The lowest BCUT2D eigenvalue weighted by atomic mass is 10.1. The van der Waals surface area contributed by atoms with E-state index in [0.29, 0.717) is 6.61 Å². The van der Waals surface area contributed by atoms with E-state index in [9.17, 15) is 9.59 Å². The number of anilines is 1. The molecule has 1 amide bonds. The first kappa shape index (κ1) is 14.1. The zero-order chi connectivity index (χ0) is 13.5. The van der Waals surface area contributed by atoms with Crippen LogP contribution < -0.4 is 5.32 Å². The van der Waals surface area contributed by atoms with Crippen molar-refractivity contribution in [2.45, 2.75) is 13.3 Å². The quantitative estimate of drug-likeness (QED) is 0.798. The smallest absolute Gasteiger partial charge is 0.337 e. The second-order valence-electron chi connectivity index (χ2n) is 4.04. The fraction of sp³-hybridized carbons (Fsp3) is 0.417. The lowest BCUT2D eigenvalue weighted by Crippen LogP contribution is -2.19. The SMILES string of the molecule is COCC(C)CC(=O)Nc1cnccc1C(=O)O. The number of nitrogens with zero attached hydrogens (tertiary/aromatic N) is 1. The highest BCUT2D eigenvalue weighted by Gasteiger charge is 2.14. The summed E-state index contributed by atoms with van der Waals surface area (Å²) in [6.45, 7) is 2.36. The second-order valence-corrected chi connectivity index (χ2v) is 4.04. The highest BCUT2D eigenvalue weighted by Crippen LogP contribution is 2.14. The molecule has 2 N–H and O–H groups in total. The van der Waals surface area contributed by atoms with E-state index in [1.807, 2.05) is 6.92 Å². The third-order valence-electron chi connectivity index (χ3n) is 2.31. The van der Waals surface area contributed by atoms with Crippen LogP contribution in [0.25, 0.3) is 0 Å². The molecule has 0 aromatic carbocycles. The van der Waals surface area contributed by atoms with Crippen molar-refractivity contribution < 1.29 is 19.4 Å². The van der Waals surface area contributed by atoms with Gasteiger partial charge < -0.3 is 15.2 Å². The van der Waals surface area contributed by atoms with Crippen molar-refractivity contribution in [3.8, 4) is 0 Å². The molecule has 0 fully saturated rings. The molecule has 0 radical (unpaired) electrons. The Morgan fingerprint density at radius 2 is 2.28 bits per heavy atom. The van der Waals surface area contributed by atoms with Crippen LogP contribution in [0.2, 0.25) is 0 Å². The average Bonchev–Trinajstić information content (AvgIpc) is 2.29. The van der Waals surface area contributed by atoms with Gasteiger partial charge >= 0.3 is 5.97 Å². The number of aromatic nitrogens is 1. The summed E-state index contributed by atoms with van der Waals surface area (Å²) in [6, 6.07) is 1.34. The van der Waals surface area contributed by atoms with Crippen LogP contribution >= 0.6 is 0 Å². The van der Waals surface area contributed by atoms with Crippen LogP contribution in [0.1, 0.15) is 23.7 Å². The van der Waals surface area contributed by atoms with Gasteiger partial charge in [-0.25, -0.2) is 4.79 Å². The number of hydrogen-bond acceptors (Lipinski definition) is 4. The Balaban J connectivity index is 2.67. The summed E-state index contributed by atoms with van der Waals surface area (Å²) in [7, 11) is 1.57. The highest BCUT2D eigenvalue weighted by molar-refractivity contribution is 6.00. The first-order valence-corrected chi connectivity index (χ1v) is 5.50. The molecule has 1 aromatic heterocycles. The Morgan fingerprint density at radius 1 is 1.56 bits per heavy atom. The molecule has 0 aliphatic heterocycles. The van der Waals surface area contributed by atoms with Gasteiger partial charge in [-0.2, -0.15) is 0 Å². The number of nitrogens with one attached hydrogen (secondary N) is 1. The minimum atomic E-state index is -1.10. The molecule has 0 aliphatic rings. The molecule has 1 rings (SSSR count). The molecule has 0 bridgehead atoms. The monoisotopic (exact) mass is 252 g/mol. The van der Waals surface area contributed by atoms with Crippen LogP contribution in [0.15, 0.2) is 18.5 Å². The van der Waals surface area contributed by atoms with Crippen molar-refractivity contribution in [1.82, 2.24) is 4.98 Å². The maximum Gasteiger partial charge on any atom is 0.337 e. The summed E-state index contributed by atoms with van der Waals surface area (Å²) >= 11 is 0.